The van der Waals surface area contributed by atoms with Crippen LogP contribution in [-0.4, -0.2) is 25.8 Å². The van der Waals surface area contributed by atoms with Crippen molar-refractivity contribution in [1.82, 2.24) is 5.32 Å². The number of ether oxygens (including phenoxy) is 1. The minimum atomic E-state index is 0.579. The van der Waals surface area contributed by atoms with E-state index in [1.54, 1.807) is 0 Å². The molecule has 1 aliphatic heterocycles. The maximum Gasteiger partial charge on any atom is 0.0576 e. The van der Waals surface area contributed by atoms with Crippen LogP contribution in [0.5, 0.6) is 0 Å². The van der Waals surface area contributed by atoms with Gasteiger partial charge in [0, 0.05) is 6.61 Å². The molecule has 0 aromatic heterocycles. The van der Waals surface area contributed by atoms with Gasteiger partial charge in [0.2, 0.25) is 0 Å². The minimum Gasteiger partial charge on any atom is -0.378 e. The van der Waals surface area contributed by atoms with Crippen molar-refractivity contribution in [2.75, 3.05) is 19.7 Å². The molecule has 1 N–H and O–H groups in total. The highest BCUT2D eigenvalue weighted by Gasteiger charge is 2.16. The molecule has 1 aliphatic rings. The summed E-state index contributed by atoms with van der Waals surface area (Å²) in [6.07, 6.45) is 8.36. The zero-order chi connectivity index (χ0) is 12.5. The summed E-state index contributed by atoms with van der Waals surface area (Å²) in [4.78, 5) is 0. The number of hydrogen-bond acceptors (Lipinski definition) is 2. The summed E-state index contributed by atoms with van der Waals surface area (Å²) in [5, 5.41) is 3.52. The Kier molecular flexibility index (Phi) is 7.87. The van der Waals surface area contributed by atoms with E-state index in [-0.39, 0.29) is 0 Å². The predicted octanol–water partition coefficient (Wildman–Crippen LogP) is 3.61. The van der Waals surface area contributed by atoms with Gasteiger partial charge in [0.25, 0.3) is 0 Å². The molecule has 0 amide bonds. The lowest BCUT2D eigenvalue weighted by atomic mass is 9.90. The maximum atomic E-state index is 5.66. The van der Waals surface area contributed by atoms with Crippen LogP contribution in [0.15, 0.2) is 0 Å². The van der Waals surface area contributed by atoms with Crippen LogP contribution in [0.3, 0.4) is 0 Å². The molecule has 0 radical (unpaired) electrons. The second-order valence-electron chi connectivity index (χ2n) is 5.72. The molecule has 1 fully saturated rings. The Morgan fingerprint density at radius 2 is 2.12 bits per heavy atom. The van der Waals surface area contributed by atoms with E-state index in [2.05, 4.69) is 26.1 Å². The standard InChI is InChI=1S/C15H31NO/c1-4-10-16-12-14(3)13(2)7-5-8-15-9-6-11-17-15/h13-16H,4-12H2,1-3H3. The van der Waals surface area contributed by atoms with Gasteiger partial charge in [-0.1, -0.05) is 33.6 Å². The SMILES string of the molecule is CCCNCC(C)C(C)CCCC1CCCO1. The molecule has 2 heteroatoms. The van der Waals surface area contributed by atoms with E-state index in [0.717, 1.165) is 25.0 Å². The molecule has 2 nitrogen and oxygen atoms in total. The maximum absolute atomic E-state index is 5.66. The molecule has 1 heterocycles. The molecule has 0 spiro atoms. The van der Waals surface area contributed by atoms with Crippen molar-refractivity contribution in [3.8, 4) is 0 Å². The van der Waals surface area contributed by atoms with Gasteiger partial charge in [-0.15, -0.1) is 0 Å². The van der Waals surface area contributed by atoms with Gasteiger partial charge >= 0.3 is 0 Å². The summed E-state index contributed by atoms with van der Waals surface area (Å²) in [6, 6.07) is 0. The second kappa shape index (κ2) is 8.93. The van der Waals surface area contributed by atoms with Crippen molar-refractivity contribution in [3.63, 3.8) is 0 Å². The van der Waals surface area contributed by atoms with Gasteiger partial charge in [0.15, 0.2) is 0 Å². The minimum absolute atomic E-state index is 0.579. The molecule has 17 heavy (non-hydrogen) atoms. The van der Waals surface area contributed by atoms with Crippen LogP contribution >= 0.6 is 0 Å². The zero-order valence-corrected chi connectivity index (χ0v) is 12.0. The average molecular weight is 241 g/mol. The molecule has 0 aromatic rings. The van der Waals surface area contributed by atoms with Gasteiger partial charge in [-0.3, -0.25) is 0 Å². The van der Waals surface area contributed by atoms with Gasteiger partial charge in [0.1, 0.15) is 0 Å². The molecule has 3 unspecified atom stereocenters. The van der Waals surface area contributed by atoms with Crippen molar-refractivity contribution in [3.05, 3.63) is 0 Å². The summed E-state index contributed by atoms with van der Waals surface area (Å²) >= 11 is 0. The third kappa shape index (κ3) is 6.42. The van der Waals surface area contributed by atoms with Crippen LogP contribution in [0.2, 0.25) is 0 Å². The number of nitrogens with one attached hydrogen (secondary N) is 1. The van der Waals surface area contributed by atoms with E-state index in [4.69, 9.17) is 4.74 Å². The molecule has 1 rings (SSSR count). The van der Waals surface area contributed by atoms with E-state index >= 15 is 0 Å². The first-order valence-electron chi connectivity index (χ1n) is 7.56. The quantitative estimate of drug-likeness (QED) is 0.623. The first kappa shape index (κ1) is 15.0. The molecule has 3 atom stereocenters. The Morgan fingerprint density at radius 3 is 2.76 bits per heavy atom. The topological polar surface area (TPSA) is 21.3 Å². The summed E-state index contributed by atoms with van der Waals surface area (Å²) in [7, 11) is 0. The lowest BCUT2D eigenvalue weighted by Crippen LogP contribution is -2.25. The van der Waals surface area contributed by atoms with E-state index < -0.39 is 0 Å². The fourth-order valence-electron chi connectivity index (χ4n) is 2.53. The summed E-state index contributed by atoms with van der Waals surface area (Å²) in [5.74, 6) is 1.63. The van der Waals surface area contributed by atoms with Gasteiger partial charge in [-0.2, -0.15) is 0 Å². The van der Waals surface area contributed by atoms with Crippen molar-refractivity contribution in [1.29, 1.82) is 0 Å². The molecule has 102 valence electrons. The van der Waals surface area contributed by atoms with Crippen molar-refractivity contribution in [2.45, 2.75) is 65.4 Å². The van der Waals surface area contributed by atoms with E-state index in [9.17, 15) is 0 Å². The van der Waals surface area contributed by atoms with Gasteiger partial charge < -0.3 is 10.1 Å². The van der Waals surface area contributed by atoms with Crippen LogP contribution in [-0.2, 0) is 4.74 Å². The molecular formula is C15H31NO. The Morgan fingerprint density at radius 1 is 1.29 bits per heavy atom. The van der Waals surface area contributed by atoms with Crippen molar-refractivity contribution >= 4 is 0 Å². The molecule has 0 aromatic carbocycles. The van der Waals surface area contributed by atoms with Crippen LogP contribution in [0.25, 0.3) is 0 Å². The molecule has 0 saturated carbocycles. The highest BCUT2D eigenvalue weighted by atomic mass is 16.5. The van der Waals surface area contributed by atoms with E-state index in [1.165, 1.54) is 45.1 Å². The Bertz CT molecular complexity index is 178. The van der Waals surface area contributed by atoms with Gasteiger partial charge in [-0.25, -0.2) is 0 Å². The number of rotatable bonds is 9. The molecular weight excluding hydrogens is 210 g/mol. The third-order valence-electron chi connectivity index (χ3n) is 4.07. The number of hydrogen-bond donors (Lipinski definition) is 1. The summed E-state index contributed by atoms with van der Waals surface area (Å²) in [5.41, 5.74) is 0. The molecule has 0 bridgehead atoms. The normalized spacial score (nSPS) is 23.8. The van der Waals surface area contributed by atoms with E-state index in [1.807, 2.05) is 0 Å². The van der Waals surface area contributed by atoms with Crippen LogP contribution in [0.4, 0.5) is 0 Å². The van der Waals surface area contributed by atoms with Crippen LogP contribution < -0.4 is 5.32 Å². The van der Waals surface area contributed by atoms with Gasteiger partial charge in [-0.05, 0) is 50.6 Å². The predicted molar refractivity (Wildman–Crippen MR) is 74.3 cm³/mol. The Balaban J connectivity index is 2.00. The van der Waals surface area contributed by atoms with E-state index in [0.29, 0.717) is 6.10 Å². The smallest absolute Gasteiger partial charge is 0.0576 e. The Hall–Kier alpha value is -0.0800. The average Bonchev–Trinajstić information content (AvgIpc) is 2.82. The zero-order valence-electron chi connectivity index (χ0n) is 12.0. The highest BCUT2D eigenvalue weighted by molar-refractivity contribution is 4.68. The first-order chi connectivity index (χ1) is 8.24. The van der Waals surface area contributed by atoms with Gasteiger partial charge in [0.05, 0.1) is 6.10 Å². The lowest BCUT2D eigenvalue weighted by molar-refractivity contribution is 0.100. The fourth-order valence-corrected chi connectivity index (χ4v) is 2.53. The second-order valence-corrected chi connectivity index (χ2v) is 5.72. The van der Waals surface area contributed by atoms with Crippen LogP contribution in [0, 0.1) is 11.8 Å². The summed E-state index contributed by atoms with van der Waals surface area (Å²) < 4.78 is 5.66. The largest absolute Gasteiger partial charge is 0.378 e. The fraction of sp³-hybridized carbons (Fsp3) is 1.00. The molecule has 1 saturated heterocycles. The lowest BCUT2D eigenvalue weighted by Gasteiger charge is -2.21. The van der Waals surface area contributed by atoms with Crippen molar-refractivity contribution in [2.24, 2.45) is 11.8 Å². The first-order valence-corrected chi connectivity index (χ1v) is 7.56. The monoisotopic (exact) mass is 241 g/mol. The Labute approximate surface area is 108 Å². The third-order valence-corrected chi connectivity index (χ3v) is 4.07. The molecule has 0 aliphatic carbocycles. The summed E-state index contributed by atoms with van der Waals surface area (Å²) in [6.45, 7) is 10.3. The van der Waals surface area contributed by atoms with Crippen LogP contribution in [0.1, 0.15) is 59.3 Å². The highest BCUT2D eigenvalue weighted by Crippen LogP contribution is 2.22. The van der Waals surface area contributed by atoms with Crippen molar-refractivity contribution < 1.29 is 4.74 Å².